The van der Waals surface area contributed by atoms with Crippen molar-refractivity contribution in [2.24, 2.45) is 0 Å². The molecule has 122 valence electrons. The second-order valence-corrected chi connectivity index (χ2v) is 6.88. The van der Waals surface area contributed by atoms with Crippen LogP contribution in [0.1, 0.15) is 31.4 Å². The van der Waals surface area contributed by atoms with Gasteiger partial charge in [-0.1, -0.05) is 6.08 Å². The van der Waals surface area contributed by atoms with Gasteiger partial charge in [0.2, 0.25) is 12.5 Å². The number of benzene rings is 1. The van der Waals surface area contributed by atoms with Gasteiger partial charge in [0.05, 0.1) is 12.1 Å². The Labute approximate surface area is 134 Å². The van der Waals surface area contributed by atoms with E-state index in [9.17, 15) is 5.11 Å². The second-order valence-electron chi connectivity index (χ2n) is 6.88. The summed E-state index contributed by atoms with van der Waals surface area (Å²) in [6.07, 6.45) is 3.03. The predicted molar refractivity (Wildman–Crippen MR) is 81.3 cm³/mol. The zero-order valence-corrected chi connectivity index (χ0v) is 13.1. The zero-order valence-electron chi connectivity index (χ0n) is 13.1. The molecule has 5 rings (SSSR count). The lowest BCUT2D eigenvalue weighted by Crippen LogP contribution is -2.49. The summed E-state index contributed by atoms with van der Waals surface area (Å²) in [5.41, 5.74) is 3.01. The van der Waals surface area contributed by atoms with E-state index in [0.29, 0.717) is 18.0 Å². The van der Waals surface area contributed by atoms with Gasteiger partial charge in [-0.3, -0.25) is 0 Å². The summed E-state index contributed by atoms with van der Waals surface area (Å²) in [5, 5.41) is 14.0. The van der Waals surface area contributed by atoms with Crippen molar-refractivity contribution < 1.29 is 24.1 Å². The van der Waals surface area contributed by atoms with Crippen LogP contribution in [0.3, 0.4) is 0 Å². The Morgan fingerprint density at radius 1 is 1.26 bits per heavy atom. The van der Waals surface area contributed by atoms with Crippen molar-refractivity contribution in [1.29, 1.82) is 0 Å². The van der Waals surface area contributed by atoms with Crippen LogP contribution in [0.15, 0.2) is 12.1 Å². The lowest BCUT2D eigenvalue weighted by Gasteiger charge is -2.37. The van der Waals surface area contributed by atoms with Crippen molar-refractivity contribution in [1.82, 2.24) is 5.32 Å². The van der Waals surface area contributed by atoms with E-state index in [-0.39, 0.29) is 30.8 Å². The molecule has 2 N–H and O–H groups in total. The highest BCUT2D eigenvalue weighted by Crippen LogP contribution is 2.50. The van der Waals surface area contributed by atoms with Crippen molar-refractivity contribution >= 4 is 5.57 Å². The van der Waals surface area contributed by atoms with Crippen LogP contribution in [-0.4, -0.2) is 35.9 Å². The molecule has 0 amide bonds. The van der Waals surface area contributed by atoms with Crippen molar-refractivity contribution in [2.75, 3.05) is 6.79 Å². The first-order valence-corrected chi connectivity index (χ1v) is 7.97. The van der Waals surface area contributed by atoms with E-state index < -0.39 is 5.79 Å². The standard InChI is InChI=1S/C17H19NO5/c1-17(2)22-11-4-3-8-9-5-12-16(21-7-20-12)14(19)10(9)6-18-13(8)15(11)23-17/h3,5,11,13,15,18-19H,4,6-7H2,1-2H3/t11-,13-,15-/m1/s1. The predicted octanol–water partition coefficient (Wildman–Crippen LogP) is 1.90. The average molecular weight is 317 g/mol. The first-order chi connectivity index (χ1) is 11.0. The highest BCUT2D eigenvalue weighted by atomic mass is 16.8. The smallest absolute Gasteiger partial charge is 0.231 e. The van der Waals surface area contributed by atoms with Gasteiger partial charge in [-0.15, -0.1) is 0 Å². The highest BCUT2D eigenvalue weighted by molar-refractivity contribution is 5.80. The molecule has 1 fully saturated rings. The molecule has 1 aromatic rings. The van der Waals surface area contributed by atoms with Crippen LogP contribution in [0.5, 0.6) is 17.2 Å². The molecule has 6 nitrogen and oxygen atoms in total. The van der Waals surface area contributed by atoms with E-state index in [1.54, 1.807) is 0 Å². The van der Waals surface area contributed by atoms with Gasteiger partial charge in [-0.2, -0.15) is 0 Å². The summed E-state index contributed by atoms with van der Waals surface area (Å²) >= 11 is 0. The minimum Gasteiger partial charge on any atom is -0.504 e. The third-order valence-electron chi connectivity index (χ3n) is 5.01. The van der Waals surface area contributed by atoms with E-state index in [4.69, 9.17) is 18.9 Å². The van der Waals surface area contributed by atoms with Crippen molar-refractivity contribution in [3.8, 4) is 17.2 Å². The number of ether oxygens (including phenoxy) is 4. The summed E-state index contributed by atoms with van der Waals surface area (Å²) in [6.45, 7) is 4.61. The Hall–Kier alpha value is -1.76. The number of phenolic OH excluding ortho intramolecular Hbond substituents is 1. The minimum absolute atomic E-state index is 0.0225. The molecule has 23 heavy (non-hydrogen) atoms. The molecule has 3 atom stereocenters. The molecule has 0 bridgehead atoms. The van der Waals surface area contributed by atoms with Gasteiger partial charge in [0, 0.05) is 12.1 Å². The molecule has 3 heterocycles. The third-order valence-corrected chi connectivity index (χ3v) is 5.01. The lowest BCUT2D eigenvalue weighted by atomic mass is 9.80. The molecule has 1 aromatic carbocycles. The van der Waals surface area contributed by atoms with Gasteiger partial charge in [0.1, 0.15) is 6.10 Å². The van der Waals surface area contributed by atoms with Gasteiger partial charge in [0.25, 0.3) is 0 Å². The van der Waals surface area contributed by atoms with E-state index in [1.807, 2.05) is 19.9 Å². The van der Waals surface area contributed by atoms with E-state index in [1.165, 1.54) is 0 Å². The fourth-order valence-electron chi connectivity index (χ4n) is 4.09. The van der Waals surface area contributed by atoms with Crippen molar-refractivity contribution in [3.05, 3.63) is 23.3 Å². The van der Waals surface area contributed by atoms with Crippen LogP contribution < -0.4 is 14.8 Å². The molecule has 0 radical (unpaired) electrons. The fraction of sp³-hybridized carbons (Fsp3) is 0.529. The quantitative estimate of drug-likeness (QED) is 0.762. The summed E-state index contributed by atoms with van der Waals surface area (Å²) in [6, 6.07) is 2.03. The Bertz CT molecular complexity index is 726. The normalized spacial score (nSPS) is 32.8. The Morgan fingerprint density at radius 3 is 3.00 bits per heavy atom. The molecule has 3 aliphatic heterocycles. The monoisotopic (exact) mass is 317 g/mol. The number of nitrogens with one attached hydrogen (secondary N) is 1. The number of rotatable bonds is 0. The first-order valence-electron chi connectivity index (χ1n) is 7.97. The molecule has 0 aromatic heterocycles. The Kier molecular flexibility index (Phi) is 2.62. The van der Waals surface area contributed by atoms with Crippen molar-refractivity contribution in [3.63, 3.8) is 0 Å². The number of aromatic hydroxyl groups is 1. The number of phenols is 1. The van der Waals surface area contributed by atoms with Gasteiger partial charge < -0.3 is 29.4 Å². The number of fused-ring (bicyclic) bond motifs is 6. The Morgan fingerprint density at radius 2 is 2.13 bits per heavy atom. The maximum absolute atomic E-state index is 10.5. The van der Waals surface area contributed by atoms with E-state index in [2.05, 4.69) is 11.4 Å². The lowest BCUT2D eigenvalue weighted by molar-refractivity contribution is -0.146. The molecule has 0 saturated carbocycles. The van der Waals surface area contributed by atoms with Gasteiger partial charge in [-0.05, 0) is 37.5 Å². The van der Waals surface area contributed by atoms with Crippen LogP contribution in [-0.2, 0) is 16.0 Å². The van der Waals surface area contributed by atoms with Gasteiger partial charge >= 0.3 is 0 Å². The molecule has 0 unspecified atom stereocenters. The van der Waals surface area contributed by atoms with Crippen LogP contribution >= 0.6 is 0 Å². The zero-order chi connectivity index (χ0) is 15.8. The Balaban J connectivity index is 1.59. The summed E-state index contributed by atoms with van der Waals surface area (Å²) in [7, 11) is 0. The molecule has 0 spiro atoms. The van der Waals surface area contributed by atoms with E-state index >= 15 is 0 Å². The fourth-order valence-corrected chi connectivity index (χ4v) is 4.09. The number of hydrogen-bond donors (Lipinski definition) is 2. The maximum atomic E-state index is 10.5. The molecular weight excluding hydrogens is 298 g/mol. The van der Waals surface area contributed by atoms with Gasteiger partial charge in [-0.25, -0.2) is 0 Å². The average Bonchev–Trinajstić information content (AvgIpc) is 3.09. The van der Waals surface area contributed by atoms with Crippen molar-refractivity contribution in [2.45, 2.75) is 50.8 Å². The SMILES string of the molecule is CC1(C)O[C@H]2[C@@H]3NCc4c(cc5c(c4O)OCO5)C3=CC[C@H]2O1. The largest absolute Gasteiger partial charge is 0.504 e. The minimum atomic E-state index is -0.558. The molecule has 1 aliphatic carbocycles. The molecule has 4 aliphatic rings. The van der Waals surface area contributed by atoms with Gasteiger partial charge in [0.15, 0.2) is 17.3 Å². The molecule has 1 saturated heterocycles. The summed E-state index contributed by atoms with van der Waals surface area (Å²) in [4.78, 5) is 0. The van der Waals surface area contributed by atoms with Crippen LogP contribution in [0.4, 0.5) is 0 Å². The number of hydrogen-bond acceptors (Lipinski definition) is 6. The maximum Gasteiger partial charge on any atom is 0.231 e. The molecular formula is C17H19NO5. The van der Waals surface area contributed by atoms with Crippen LogP contribution in [0.25, 0.3) is 5.57 Å². The highest BCUT2D eigenvalue weighted by Gasteiger charge is 2.49. The molecule has 6 heteroatoms. The third kappa shape index (κ3) is 1.86. The first kappa shape index (κ1) is 13.7. The summed E-state index contributed by atoms with van der Waals surface area (Å²) in [5.74, 6) is 0.666. The van der Waals surface area contributed by atoms with Crippen LogP contribution in [0.2, 0.25) is 0 Å². The second kappa shape index (κ2) is 4.41. The summed E-state index contributed by atoms with van der Waals surface area (Å²) < 4.78 is 22.9. The van der Waals surface area contributed by atoms with Crippen LogP contribution in [0, 0.1) is 0 Å². The topological polar surface area (TPSA) is 69.2 Å². The van der Waals surface area contributed by atoms with E-state index in [0.717, 1.165) is 23.1 Å².